The van der Waals surface area contributed by atoms with E-state index in [0.29, 0.717) is 58.1 Å². The summed E-state index contributed by atoms with van der Waals surface area (Å²) >= 11 is 12.3. The van der Waals surface area contributed by atoms with Crippen molar-refractivity contribution in [1.82, 2.24) is 34.9 Å². The van der Waals surface area contributed by atoms with E-state index in [-0.39, 0.29) is 25.4 Å². The van der Waals surface area contributed by atoms with Crippen molar-refractivity contribution in [2.24, 2.45) is 0 Å². The molecule has 0 radical (unpaired) electrons. The quantitative estimate of drug-likeness (QED) is 0.140. The standard InChI is InChI=1S/C49H52Cl2N10O6/c1-49(2,32-19-30(22-52)44(41(51)20-32)66-18-12-50)31-3-6-38(7-4-31)67-29-33-11-13-53-48(54-33)57-16-14-56(15-17-57)35-23-59(24-35)37-27-60(28-37)36-25-58(26-36)34-5-8-39-40(21-34)47(65)61(46(39)64)42-9-10-43(62)55-45(42)63/h3-8,11,13,19-21,35-37,42H,9-10,12,14-18,23-29H2,1-2H3,(H,55,62,63). The Kier molecular flexibility index (Phi) is 12.3. The highest BCUT2D eigenvalue weighted by molar-refractivity contribution is 6.32. The van der Waals surface area contributed by atoms with Crippen molar-refractivity contribution in [1.29, 1.82) is 5.26 Å². The SMILES string of the molecule is CC(C)(c1ccc(OCc2ccnc(N3CCN(C4CN(C5CN(C6CN(c7ccc8c(c7)C(=O)N(C7CCC(=O)NC7=O)C8=O)C6)C5)C4)CC3)n2)cc1)c1cc(Cl)c(OCCCl)c(C#N)c1. The molecule has 67 heavy (non-hydrogen) atoms. The highest BCUT2D eigenvalue weighted by atomic mass is 35.5. The highest BCUT2D eigenvalue weighted by Gasteiger charge is 2.47. The average molecular weight is 948 g/mol. The number of hydrogen-bond acceptors (Lipinski definition) is 14. The fraction of sp³-hybridized carbons (Fsp3) is 0.449. The van der Waals surface area contributed by atoms with Crippen LogP contribution in [0.5, 0.6) is 11.5 Å². The summed E-state index contributed by atoms with van der Waals surface area (Å²) in [4.78, 5) is 73.3. The summed E-state index contributed by atoms with van der Waals surface area (Å²) in [5, 5.41) is 12.4. The third kappa shape index (κ3) is 8.68. The zero-order valence-electron chi connectivity index (χ0n) is 37.5. The summed E-state index contributed by atoms with van der Waals surface area (Å²) in [7, 11) is 0. The molecule has 18 heteroatoms. The number of imide groups is 2. The highest BCUT2D eigenvalue weighted by Crippen LogP contribution is 2.39. The molecule has 16 nitrogen and oxygen atoms in total. The number of anilines is 2. The third-order valence-corrected chi connectivity index (χ3v) is 14.9. The first-order valence-corrected chi connectivity index (χ1v) is 23.9. The number of benzene rings is 3. The summed E-state index contributed by atoms with van der Waals surface area (Å²) in [6, 6.07) is 21.7. The number of aromatic nitrogens is 2. The lowest BCUT2D eigenvalue weighted by Crippen LogP contribution is -2.74. The van der Waals surface area contributed by atoms with Gasteiger partial charge in [0, 0.05) is 107 Å². The van der Waals surface area contributed by atoms with E-state index in [2.05, 4.69) is 54.7 Å². The monoisotopic (exact) mass is 946 g/mol. The lowest BCUT2D eigenvalue weighted by atomic mass is 9.77. The number of alkyl halides is 1. The van der Waals surface area contributed by atoms with Crippen molar-refractivity contribution in [2.45, 2.75) is 62.9 Å². The zero-order chi connectivity index (χ0) is 46.6. The molecule has 6 aliphatic rings. The van der Waals surface area contributed by atoms with E-state index in [1.165, 1.54) is 0 Å². The number of hydrogen-bond donors (Lipinski definition) is 1. The molecule has 5 fully saturated rings. The molecule has 7 heterocycles. The van der Waals surface area contributed by atoms with Crippen molar-refractivity contribution in [3.63, 3.8) is 0 Å². The maximum Gasteiger partial charge on any atom is 0.262 e. The number of likely N-dealkylation sites (tertiary alicyclic amines) is 2. The molecular weight excluding hydrogens is 896 g/mol. The van der Waals surface area contributed by atoms with Gasteiger partial charge in [0.05, 0.1) is 33.3 Å². The lowest BCUT2D eigenvalue weighted by Gasteiger charge is -2.58. The molecule has 4 amide bonds. The van der Waals surface area contributed by atoms with Crippen LogP contribution in [0.15, 0.2) is 66.9 Å². The molecule has 0 aliphatic carbocycles. The number of carbonyl (C=O) groups is 4. The number of amides is 4. The molecule has 0 bridgehead atoms. The number of nitrogens with one attached hydrogen (secondary N) is 1. The van der Waals surface area contributed by atoms with Gasteiger partial charge in [0.15, 0.2) is 5.75 Å². The van der Waals surface area contributed by atoms with Gasteiger partial charge >= 0.3 is 0 Å². The maximum absolute atomic E-state index is 13.3. The Hall–Kier alpha value is -5.83. The Morgan fingerprint density at radius 3 is 2.16 bits per heavy atom. The molecule has 4 aromatic rings. The molecule has 3 aromatic carbocycles. The second kappa shape index (κ2) is 18.3. The molecule has 6 aliphatic heterocycles. The predicted octanol–water partition coefficient (Wildman–Crippen LogP) is 4.30. The zero-order valence-corrected chi connectivity index (χ0v) is 39.0. The van der Waals surface area contributed by atoms with E-state index in [4.69, 9.17) is 37.7 Å². The second-order valence-electron chi connectivity index (χ2n) is 18.7. The molecule has 348 valence electrons. The average Bonchev–Trinajstić information content (AvgIpc) is 3.53. The number of nitriles is 1. The minimum atomic E-state index is -0.966. The molecule has 1 aromatic heterocycles. The van der Waals surface area contributed by atoms with Crippen LogP contribution < -0.4 is 24.6 Å². The van der Waals surface area contributed by atoms with Crippen LogP contribution in [0.3, 0.4) is 0 Å². The predicted molar refractivity (Wildman–Crippen MR) is 251 cm³/mol. The van der Waals surface area contributed by atoms with E-state index < -0.39 is 29.2 Å². The fourth-order valence-electron chi connectivity index (χ4n) is 10.1. The number of rotatable bonds is 14. The summed E-state index contributed by atoms with van der Waals surface area (Å²) in [6.45, 7) is 14.4. The Bertz CT molecular complexity index is 2640. The van der Waals surface area contributed by atoms with Crippen LogP contribution in [0.2, 0.25) is 5.02 Å². The van der Waals surface area contributed by atoms with Crippen molar-refractivity contribution in [2.75, 3.05) is 87.7 Å². The van der Waals surface area contributed by atoms with Gasteiger partial charge in [-0.2, -0.15) is 5.26 Å². The van der Waals surface area contributed by atoms with Gasteiger partial charge in [0.2, 0.25) is 17.8 Å². The first-order valence-electron chi connectivity index (χ1n) is 22.9. The van der Waals surface area contributed by atoms with Crippen LogP contribution in [-0.4, -0.2) is 155 Å². The van der Waals surface area contributed by atoms with Crippen LogP contribution >= 0.6 is 23.2 Å². The van der Waals surface area contributed by atoms with E-state index in [1.807, 2.05) is 48.5 Å². The van der Waals surface area contributed by atoms with E-state index in [1.54, 1.807) is 18.3 Å². The second-order valence-corrected chi connectivity index (χ2v) is 19.5. The van der Waals surface area contributed by atoms with E-state index in [0.717, 1.165) is 105 Å². The van der Waals surface area contributed by atoms with Gasteiger partial charge in [0.25, 0.3) is 11.8 Å². The number of carbonyl (C=O) groups excluding carboxylic acids is 4. The van der Waals surface area contributed by atoms with Gasteiger partial charge in [-0.25, -0.2) is 9.97 Å². The van der Waals surface area contributed by atoms with Gasteiger partial charge < -0.3 is 19.3 Å². The molecule has 0 saturated carbocycles. The topological polar surface area (TPSA) is 168 Å². The summed E-state index contributed by atoms with van der Waals surface area (Å²) in [5.41, 5.74) is 4.19. The molecule has 5 saturated heterocycles. The van der Waals surface area contributed by atoms with Crippen LogP contribution in [-0.2, 0) is 21.6 Å². The van der Waals surface area contributed by atoms with Gasteiger partial charge in [-0.15, -0.1) is 11.6 Å². The Balaban J connectivity index is 0.643. The summed E-state index contributed by atoms with van der Waals surface area (Å²) < 4.78 is 11.8. The van der Waals surface area contributed by atoms with Gasteiger partial charge in [-0.3, -0.25) is 44.1 Å². The number of piperazine rings is 1. The molecule has 1 unspecified atom stereocenters. The lowest BCUT2D eigenvalue weighted by molar-refractivity contribution is -0.136. The molecule has 1 N–H and O–H groups in total. The minimum absolute atomic E-state index is 0.0965. The minimum Gasteiger partial charge on any atom is -0.489 e. The number of nitrogens with zero attached hydrogens (tertiary/aromatic N) is 9. The largest absolute Gasteiger partial charge is 0.489 e. The van der Waals surface area contributed by atoms with Crippen molar-refractivity contribution in [3.05, 3.63) is 105 Å². The first-order chi connectivity index (χ1) is 32.4. The van der Waals surface area contributed by atoms with Gasteiger partial charge in [-0.05, 0) is 66.1 Å². The molecule has 0 spiro atoms. The normalized spacial score (nSPS) is 21.1. The van der Waals surface area contributed by atoms with Crippen LogP contribution in [0, 0.1) is 11.3 Å². The number of fused-ring (bicyclic) bond motifs is 1. The van der Waals surface area contributed by atoms with E-state index in [9.17, 15) is 24.4 Å². The maximum atomic E-state index is 13.3. The molecule has 1 atom stereocenters. The number of ether oxygens (including phenoxy) is 2. The van der Waals surface area contributed by atoms with Crippen molar-refractivity contribution >= 4 is 58.5 Å². The molecule has 10 rings (SSSR count). The van der Waals surface area contributed by atoms with Crippen LogP contribution in [0.25, 0.3) is 0 Å². The van der Waals surface area contributed by atoms with Gasteiger partial charge in [0.1, 0.15) is 31.1 Å². The van der Waals surface area contributed by atoms with E-state index >= 15 is 0 Å². The number of piperidine rings is 1. The smallest absolute Gasteiger partial charge is 0.262 e. The number of halogens is 2. The molecular formula is C49H52Cl2N10O6. The third-order valence-electron chi connectivity index (χ3n) is 14.5. The van der Waals surface area contributed by atoms with Crippen molar-refractivity contribution in [3.8, 4) is 17.6 Å². The summed E-state index contributed by atoms with van der Waals surface area (Å²) in [5.74, 6) is 0.151. The van der Waals surface area contributed by atoms with Gasteiger partial charge in [-0.1, -0.05) is 37.6 Å². The summed E-state index contributed by atoms with van der Waals surface area (Å²) in [6.07, 6.45) is 2.04. The Morgan fingerprint density at radius 2 is 1.48 bits per heavy atom. The first kappa shape index (κ1) is 45.0. The van der Waals surface area contributed by atoms with Crippen molar-refractivity contribution < 1.29 is 28.7 Å². The van der Waals surface area contributed by atoms with Crippen LogP contribution in [0.1, 0.15) is 69.8 Å². The van der Waals surface area contributed by atoms with Crippen LogP contribution in [0.4, 0.5) is 11.6 Å². The Labute approximate surface area is 399 Å². The fourth-order valence-corrected chi connectivity index (χ4v) is 10.5. The Morgan fingerprint density at radius 1 is 0.791 bits per heavy atom.